The molecule has 10 nitrogen and oxygen atoms in total. The Bertz CT molecular complexity index is 1180. The van der Waals surface area contributed by atoms with Gasteiger partial charge in [-0.15, -0.1) is 5.10 Å². The van der Waals surface area contributed by atoms with Gasteiger partial charge in [0.1, 0.15) is 5.75 Å². The number of aromatic nitrogens is 6. The molecule has 0 bridgehead atoms. The van der Waals surface area contributed by atoms with E-state index in [0.29, 0.717) is 29.5 Å². The van der Waals surface area contributed by atoms with Crippen molar-refractivity contribution in [3.63, 3.8) is 0 Å². The van der Waals surface area contributed by atoms with Gasteiger partial charge in [0.05, 0.1) is 12.2 Å². The smallest absolute Gasteiger partial charge is 0.378 e. The molecule has 0 atom stereocenters. The van der Waals surface area contributed by atoms with Crippen LogP contribution in [0.4, 0.5) is 0 Å². The molecule has 0 aliphatic heterocycles. The van der Waals surface area contributed by atoms with E-state index in [-0.39, 0.29) is 18.3 Å². The summed E-state index contributed by atoms with van der Waals surface area (Å²) in [5.41, 5.74) is 2.29. The first-order chi connectivity index (χ1) is 14.0. The van der Waals surface area contributed by atoms with Crippen molar-refractivity contribution >= 4 is 11.7 Å². The highest BCUT2D eigenvalue weighted by Crippen LogP contribution is 2.27. The second-order valence-electron chi connectivity index (χ2n) is 6.20. The SMILES string of the molecule is CCOc1ccccc1-c1noc(COC(=O)c2nc3nc(C)cc(C)n3n2)n1. The summed E-state index contributed by atoms with van der Waals surface area (Å²) < 4.78 is 17.4. The molecule has 0 unspecified atom stereocenters. The fraction of sp³-hybridized carbons (Fsp3) is 0.263. The summed E-state index contributed by atoms with van der Waals surface area (Å²) in [6, 6.07) is 9.19. The molecule has 0 fully saturated rings. The van der Waals surface area contributed by atoms with Crippen molar-refractivity contribution in [2.45, 2.75) is 27.4 Å². The van der Waals surface area contributed by atoms with Crippen molar-refractivity contribution in [2.75, 3.05) is 6.61 Å². The van der Waals surface area contributed by atoms with Crippen molar-refractivity contribution in [3.05, 3.63) is 53.4 Å². The van der Waals surface area contributed by atoms with Crippen molar-refractivity contribution < 1.29 is 18.8 Å². The number of nitrogens with zero attached hydrogens (tertiary/aromatic N) is 6. The molecule has 3 aromatic heterocycles. The third kappa shape index (κ3) is 3.77. The van der Waals surface area contributed by atoms with E-state index in [2.05, 4.69) is 25.2 Å². The molecule has 0 saturated heterocycles. The van der Waals surface area contributed by atoms with Crippen molar-refractivity contribution in [3.8, 4) is 17.1 Å². The Morgan fingerprint density at radius 2 is 2.00 bits per heavy atom. The summed E-state index contributed by atoms with van der Waals surface area (Å²) in [7, 11) is 0. The standard InChI is InChI=1S/C19H18N6O4/c1-4-27-14-8-6-5-7-13(14)16-21-15(29-24-16)10-28-18(26)17-22-19-20-11(2)9-12(3)25(19)23-17/h5-9H,4,10H2,1-3H3. The minimum atomic E-state index is -0.706. The number of ether oxygens (including phenoxy) is 2. The van der Waals surface area contributed by atoms with E-state index in [0.717, 1.165) is 11.4 Å². The Labute approximate surface area is 165 Å². The van der Waals surface area contributed by atoms with E-state index >= 15 is 0 Å². The summed E-state index contributed by atoms with van der Waals surface area (Å²) in [4.78, 5) is 24.9. The second-order valence-corrected chi connectivity index (χ2v) is 6.20. The molecule has 3 heterocycles. The molecule has 10 heteroatoms. The lowest BCUT2D eigenvalue weighted by molar-refractivity contribution is 0.0415. The molecule has 0 aliphatic rings. The van der Waals surface area contributed by atoms with Crippen LogP contribution < -0.4 is 4.74 Å². The zero-order valence-corrected chi connectivity index (χ0v) is 16.1. The number of carbonyl (C=O) groups is 1. The minimum Gasteiger partial charge on any atom is -0.493 e. The van der Waals surface area contributed by atoms with Gasteiger partial charge in [-0.25, -0.2) is 14.3 Å². The third-order valence-corrected chi connectivity index (χ3v) is 4.02. The van der Waals surface area contributed by atoms with Crippen LogP contribution in [0.25, 0.3) is 17.2 Å². The van der Waals surface area contributed by atoms with Crippen LogP contribution in [-0.4, -0.2) is 42.3 Å². The maximum atomic E-state index is 12.3. The number of rotatable bonds is 6. The zero-order chi connectivity index (χ0) is 20.4. The maximum Gasteiger partial charge on any atom is 0.378 e. The lowest BCUT2D eigenvalue weighted by Gasteiger charge is -2.05. The summed E-state index contributed by atoms with van der Waals surface area (Å²) in [6.07, 6.45) is 0. The summed E-state index contributed by atoms with van der Waals surface area (Å²) >= 11 is 0. The van der Waals surface area contributed by atoms with Gasteiger partial charge < -0.3 is 14.0 Å². The van der Waals surface area contributed by atoms with E-state index in [1.807, 2.05) is 51.1 Å². The molecule has 29 heavy (non-hydrogen) atoms. The van der Waals surface area contributed by atoms with Gasteiger partial charge in [0, 0.05) is 11.4 Å². The fourth-order valence-corrected chi connectivity index (χ4v) is 2.80. The zero-order valence-electron chi connectivity index (χ0n) is 16.1. The first-order valence-electron chi connectivity index (χ1n) is 8.98. The highest BCUT2D eigenvalue weighted by atomic mass is 16.6. The predicted molar refractivity (Wildman–Crippen MR) is 100 cm³/mol. The number of hydrogen-bond donors (Lipinski definition) is 0. The van der Waals surface area contributed by atoms with Crippen LogP contribution in [0.15, 0.2) is 34.9 Å². The third-order valence-electron chi connectivity index (χ3n) is 4.02. The number of esters is 1. The average Bonchev–Trinajstić information content (AvgIpc) is 3.34. The topological polar surface area (TPSA) is 118 Å². The molecule has 0 radical (unpaired) electrons. The average molecular weight is 394 g/mol. The first kappa shape index (κ1) is 18.5. The Kier molecular flexibility index (Phi) is 4.90. The molecule has 0 amide bonds. The van der Waals surface area contributed by atoms with Crippen molar-refractivity contribution in [2.24, 2.45) is 0 Å². The van der Waals surface area contributed by atoms with Gasteiger partial charge in [-0.1, -0.05) is 17.3 Å². The largest absolute Gasteiger partial charge is 0.493 e. The van der Waals surface area contributed by atoms with Crippen LogP contribution in [0.3, 0.4) is 0 Å². The Balaban J connectivity index is 1.48. The predicted octanol–water partition coefficient (Wildman–Crippen LogP) is 2.55. The van der Waals surface area contributed by atoms with Crippen LogP contribution in [0, 0.1) is 13.8 Å². The number of hydrogen-bond acceptors (Lipinski definition) is 9. The number of fused-ring (bicyclic) bond motifs is 1. The lowest BCUT2D eigenvalue weighted by atomic mass is 10.2. The van der Waals surface area contributed by atoms with E-state index in [1.54, 1.807) is 0 Å². The summed E-state index contributed by atoms with van der Waals surface area (Å²) in [5, 5.41) is 8.07. The van der Waals surface area contributed by atoms with Gasteiger partial charge in [0.2, 0.25) is 5.82 Å². The molecule has 0 aliphatic carbocycles. The van der Waals surface area contributed by atoms with E-state index in [4.69, 9.17) is 14.0 Å². The van der Waals surface area contributed by atoms with E-state index < -0.39 is 5.97 Å². The van der Waals surface area contributed by atoms with Crippen molar-refractivity contribution in [1.82, 2.24) is 29.7 Å². The van der Waals surface area contributed by atoms with Crippen LogP contribution in [0.1, 0.15) is 34.8 Å². The Morgan fingerprint density at radius 1 is 1.17 bits per heavy atom. The molecule has 0 spiro atoms. The summed E-state index contributed by atoms with van der Waals surface area (Å²) in [6.45, 7) is 5.90. The van der Waals surface area contributed by atoms with Gasteiger partial charge in [0.25, 0.3) is 17.5 Å². The normalized spacial score (nSPS) is 11.0. The molecule has 0 saturated carbocycles. The van der Waals surface area contributed by atoms with Gasteiger partial charge in [-0.05, 0) is 39.0 Å². The number of para-hydroxylation sites is 1. The van der Waals surface area contributed by atoms with Crippen LogP contribution in [-0.2, 0) is 11.3 Å². The number of aryl methyl sites for hydroxylation is 2. The van der Waals surface area contributed by atoms with Gasteiger partial charge in [0.15, 0.2) is 6.61 Å². The maximum absolute atomic E-state index is 12.3. The number of carbonyl (C=O) groups excluding carboxylic acids is 1. The minimum absolute atomic E-state index is 0.0902. The lowest BCUT2D eigenvalue weighted by Crippen LogP contribution is -2.08. The Morgan fingerprint density at radius 3 is 2.83 bits per heavy atom. The van der Waals surface area contributed by atoms with Gasteiger partial charge >= 0.3 is 5.97 Å². The van der Waals surface area contributed by atoms with Gasteiger partial charge in [-0.3, -0.25) is 0 Å². The van der Waals surface area contributed by atoms with Crippen LogP contribution in [0.2, 0.25) is 0 Å². The van der Waals surface area contributed by atoms with E-state index in [9.17, 15) is 4.79 Å². The molecule has 1 aromatic carbocycles. The molecule has 4 rings (SSSR count). The Hall–Kier alpha value is -3.82. The summed E-state index contributed by atoms with van der Waals surface area (Å²) in [5.74, 6) is 0.679. The second kappa shape index (κ2) is 7.66. The highest BCUT2D eigenvalue weighted by Gasteiger charge is 2.19. The molecular weight excluding hydrogens is 376 g/mol. The van der Waals surface area contributed by atoms with Gasteiger partial charge in [-0.2, -0.15) is 9.97 Å². The molecular formula is C19H18N6O4. The van der Waals surface area contributed by atoms with E-state index in [1.165, 1.54) is 4.52 Å². The fourth-order valence-electron chi connectivity index (χ4n) is 2.80. The molecule has 4 aromatic rings. The quantitative estimate of drug-likeness (QED) is 0.455. The molecule has 148 valence electrons. The van der Waals surface area contributed by atoms with Crippen molar-refractivity contribution in [1.29, 1.82) is 0 Å². The molecule has 0 N–H and O–H groups in total. The highest BCUT2D eigenvalue weighted by molar-refractivity contribution is 5.85. The first-order valence-corrected chi connectivity index (χ1v) is 8.98. The monoisotopic (exact) mass is 394 g/mol. The number of benzene rings is 1. The van der Waals surface area contributed by atoms with Crippen LogP contribution >= 0.6 is 0 Å². The van der Waals surface area contributed by atoms with Crippen LogP contribution in [0.5, 0.6) is 5.75 Å².